The van der Waals surface area contributed by atoms with Crippen LogP contribution in [-0.4, -0.2) is 9.55 Å². The molecule has 0 bridgehead atoms. The largest absolute Gasteiger partial charge is 0.334 e. The number of hydrogen-bond donors (Lipinski definition) is 1. The Kier molecular flexibility index (Phi) is 3.19. The molecule has 0 saturated carbocycles. The van der Waals surface area contributed by atoms with E-state index in [0.717, 1.165) is 12.1 Å². The normalized spacial score (nSPS) is 10.2. The maximum absolute atomic E-state index is 13.4. The van der Waals surface area contributed by atoms with Crippen LogP contribution in [0.2, 0.25) is 5.15 Å². The van der Waals surface area contributed by atoms with Gasteiger partial charge in [-0.05, 0) is 12.1 Å². The summed E-state index contributed by atoms with van der Waals surface area (Å²) in [5, 5.41) is 8.08. The van der Waals surface area contributed by atoms with Crippen LogP contribution >= 0.6 is 11.6 Å². The predicted molar refractivity (Wildman–Crippen MR) is 62.3 cm³/mol. The molecule has 1 N–H and O–H groups in total. The van der Waals surface area contributed by atoms with Gasteiger partial charge in [-0.3, -0.25) is 9.78 Å². The summed E-state index contributed by atoms with van der Waals surface area (Å²) in [7, 11) is 0. The molecule has 0 aliphatic carbocycles. The van der Waals surface area contributed by atoms with Gasteiger partial charge in [0.1, 0.15) is 17.4 Å². The Labute approximate surface area is 109 Å². The van der Waals surface area contributed by atoms with Crippen LogP contribution in [0, 0.1) is 23.0 Å². The first-order valence-corrected chi connectivity index (χ1v) is 5.24. The molecule has 2 aromatic rings. The molecule has 1 heterocycles. The molecule has 5 nitrogen and oxygen atoms in total. The maximum atomic E-state index is 13.4. The van der Waals surface area contributed by atoms with Crippen molar-refractivity contribution in [3.8, 4) is 11.8 Å². The topological polar surface area (TPSA) is 78.7 Å². The molecule has 2 rings (SSSR count). The Hall–Kier alpha value is -2.46. The van der Waals surface area contributed by atoms with E-state index in [1.807, 2.05) is 4.98 Å². The lowest BCUT2D eigenvalue weighted by Gasteiger charge is -2.07. The molecule has 0 atom stereocenters. The van der Waals surface area contributed by atoms with Crippen molar-refractivity contribution in [1.29, 1.82) is 5.26 Å². The Morgan fingerprint density at radius 2 is 2.00 bits per heavy atom. The van der Waals surface area contributed by atoms with Crippen molar-refractivity contribution in [2.45, 2.75) is 0 Å². The van der Waals surface area contributed by atoms with E-state index in [-0.39, 0.29) is 5.69 Å². The van der Waals surface area contributed by atoms with Crippen LogP contribution in [0.15, 0.2) is 27.8 Å². The minimum Gasteiger partial charge on any atom is -0.295 e. The number of rotatable bonds is 1. The molecule has 0 spiro atoms. The summed E-state index contributed by atoms with van der Waals surface area (Å²) >= 11 is 5.30. The monoisotopic (exact) mass is 283 g/mol. The second kappa shape index (κ2) is 4.66. The van der Waals surface area contributed by atoms with Crippen LogP contribution in [0.1, 0.15) is 5.56 Å². The molecule has 96 valence electrons. The lowest BCUT2D eigenvalue weighted by molar-refractivity contribution is 0.582. The van der Waals surface area contributed by atoms with Crippen molar-refractivity contribution >= 4 is 11.6 Å². The minimum atomic E-state index is -1.39. The average Bonchev–Trinajstić information content (AvgIpc) is 2.36. The summed E-state index contributed by atoms with van der Waals surface area (Å²) in [6, 6.07) is 4.82. The molecule has 0 aliphatic heterocycles. The first-order chi connectivity index (χ1) is 8.97. The van der Waals surface area contributed by atoms with Gasteiger partial charge in [0, 0.05) is 0 Å². The molecule has 0 saturated heterocycles. The molecular formula is C11H4ClF2N3O2. The molecule has 0 aliphatic rings. The number of hydrogen-bond acceptors (Lipinski definition) is 3. The van der Waals surface area contributed by atoms with Crippen molar-refractivity contribution < 1.29 is 8.78 Å². The second-order valence-corrected chi connectivity index (χ2v) is 3.82. The zero-order valence-electron chi connectivity index (χ0n) is 9.08. The van der Waals surface area contributed by atoms with Crippen molar-refractivity contribution in [2.24, 2.45) is 0 Å². The molecule has 19 heavy (non-hydrogen) atoms. The summed E-state index contributed by atoms with van der Waals surface area (Å²) < 4.78 is 27.1. The molecule has 0 unspecified atom stereocenters. The van der Waals surface area contributed by atoms with E-state index in [4.69, 9.17) is 16.9 Å². The smallest absolute Gasteiger partial charge is 0.295 e. The number of nitrogens with zero attached hydrogens (tertiary/aromatic N) is 2. The molecule has 0 amide bonds. The number of aromatic amines is 1. The fraction of sp³-hybridized carbons (Fsp3) is 0. The third kappa shape index (κ3) is 2.02. The van der Waals surface area contributed by atoms with Crippen molar-refractivity contribution in [3.05, 3.63) is 61.4 Å². The van der Waals surface area contributed by atoms with Crippen LogP contribution in [0.4, 0.5) is 8.78 Å². The zero-order valence-corrected chi connectivity index (χ0v) is 9.83. The van der Waals surface area contributed by atoms with E-state index in [1.165, 1.54) is 12.1 Å². The fourth-order valence-corrected chi connectivity index (χ4v) is 1.68. The number of nitrogens with one attached hydrogen (secondary N) is 1. The third-order valence-corrected chi connectivity index (χ3v) is 2.61. The number of H-pyrrole nitrogens is 1. The van der Waals surface area contributed by atoms with Gasteiger partial charge in [-0.1, -0.05) is 17.7 Å². The Morgan fingerprint density at radius 1 is 1.32 bits per heavy atom. The summed E-state index contributed by atoms with van der Waals surface area (Å²) in [4.78, 5) is 25.1. The van der Waals surface area contributed by atoms with Crippen LogP contribution in [0.25, 0.3) is 5.69 Å². The van der Waals surface area contributed by atoms with Gasteiger partial charge < -0.3 is 0 Å². The Morgan fingerprint density at radius 3 is 2.63 bits per heavy atom. The van der Waals surface area contributed by atoms with E-state index in [2.05, 4.69) is 0 Å². The van der Waals surface area contributed by atoms with E-state index >= 15 is 0 Å². The Bertz CT molecular complexity index is 820. The number of aromatic nitrogens is 2. The highest BCUT2D eigenvalue weighted by Crippen LogP contribution is 2.15. The highest BCUT2D eigenvalue weighted by Gasteiger charge is 2.17. The summed E-state index contributed by atoms with van der Waals surface area (Å²) in [5.74, 6) is -2.32. The molecule has 1 aromatic heterocycles. The zero-order chi connectivity index (χ0) is 14.2. The van der Waals surface area contributed by atoms with Crippen LogP contribution in [-0.2, 0) is 0 Å². The Balaban J connectivity index is 2.94. The predicted octanol–water partition coefficient (Wildman–Crippen LogP) is 1.33. The van der Waals surface area contributed by atoms with E-state index in [9.17, 15) is 18.4 Å². The van der Waals surface area contributed by atoms with Crippen LogP contribution < -0.4 is 11.2 Å². The first-order valence-electron chi connectivity index (χ1n) is 4.86. The molecule has 8 heteroatoms. The van der Waals surface area contributed by atoms with Crippen LogP contribution in [0.5, 0.6) is 0 Å². The molecule has 0 fully saturated rings. The van der Waals surface area contributed by atoms with Gasteiger partial charge in [0.2, 0.25) is 5.82 Å². The van der Waals surface area contributed by atoms with E-state index in [0.29, 0.717) is 4.57 Å². The van der Waals surface area contributed by atoms with Gasteiger partial charge in [-0.2, -0.15) is 9.65 Å². The molecule has 1 aromatic carbocycles. The van der Waals surface area contributed by atoms with Gasteiger partial charge in [0.15, 0.2) is 5.15 Å². The average molecular weight is 284 g/mol. The highest BCUT2D eigenvalue weighted by atomic mass is 35.5. The lowest BCUT2D eigenvalue weighted by Crippen LogP contribution is -2.36. The molecular weight excluding hydrogens is 280 g/mol. The quantitative estimate of drug-likeness (QED) is 0.802. The van der Waals surface area contributed by atoms with E-state index in [1.54, 1.807) is 0 Å². The minimum absolute atomic E-state index is 0.308. The van der Waals surface area contributed by atoms with Crippen molar-refractivity contribution in [3.63, 3.8) is 0 Å². The summed E-state index contributed by atoms with van der Waals surface area (Å²) in [6.45, 7) is 0. The van der Waals surface area contributed by atoms with Gasteiger partial charge in [0.05, 0.1) is 5.69 Å². The van der Waals surface area contributed by atoms with Gasteiger partial charge in [0.25, 0.3) is 5.56 Å². The first kappa shape index (κ1) is 13.0. The van der Waals surface area contributed by atoms with Gasteiger partial charge in [-0.15, -0.1) is 0 Å². The van der Waals surface area contributed by atoms with Crippen molar-refractivity contribution in [2.75, 3.05) is 0 Å². The number of halogens is 3. The molecule has 0 radical (unpaired) electrons. The standard InChI is InChI=1S/C11H4ClF2N3O2/c12-9-8(14)10(18)17(11(19)16-9)7-3-1-2-6(13)5(7)4-15/h1-3H,(H,16,19). The summed E-state index contributed by atoms with van der Waals surface area (Å²) in [5.41, 5.74) is -3.34. The third-order valence-electron chi connectivity index (χ3n) is 2.35. The number of benzene rings is 1. The second-order valence-electron chi connectivity index (χ2n) is 3.44. The number of nitriles is 1. The van der Waals surface area contributed by atoms with Crippen molar-refractivity contribution in [1.82, 2.24) is 9.55 Å². The maximum Gasteiger partial charge on any atom is 0.334 e. The highest BCUT2D eigenvalue weighted by molar-refractivity contribution is 6.29. The van der Waals surface area contributed by atoms with Gasteiger partial charge in [-0.25, -0.2) is 13.8 Å². The van der Waals surface area contributed by atoms with Crippen LogP contribution in [0.3, 0.4) is 0 Å². The fourth-order valence-electron chi connectivity index (χ4n) is 1.52. The van der Waals surface area contributed by atoms with Gasteiger partial charge >= 0.3 is 5.69 Å². The SMILES string of the molecule is N#Cc1c(F)cccc1-n1c(=O)[nH]c(Cl)c(F)c1=O. The summed E-state index contributed by atoms with van der Waals surface area (Å²) in [6.07, 6.45) is 0. The van der Waals surface area contributed by atoms with E-state index < -0.39 is 33.6 Å². The lowest BCUT2D eigenvalue weighted by atomic mass is 10.2.